The van der Waals surface area contributed by atoms with Gasteiger partial charge < -0.3 is 4.74 Å². The molecule has 0 aromatic carbocycles. The standard InChI is InChI=1S/C9H16O2/c1-4-7-8(5-2)11-9(10)6-3/h6,8H,3-5,7H2,1-2H3. The van der Waals surface area contributed by atoms with Crippen molar-refractivity contribution in [2.75, 3.05) is 0 Å². The first-order chi connectivity index (χ1) is 5.24. The molecule has 1 unspecified atom stereocenters. The van der Waals surface area contributed by atoms with Crippen molar-refractivity contribution in [2.24, 2.45) is 0 Å². The van der Waals surface area contributed by atoms with Gasteiger partial charge >= 0.3 is 5.97 Å². The van der Waals surface area contributed by atoms with Gasteiger partial charge in [-0.2, -0.15) is 0 Å². The van der Waals surface area contributed by atoms with Gasteiger partial charge in [-0.15, -0.1) is 0 Å². The van der Waals surface area contributed by atoms with E-state index in [4.69, 9.17) is 4.74 Å². The summed E-state index contributed by atoms with van der Waals surface area (Å²) in [5, 5.41) is 0. The summed E-state index contributed by atoms with van der Waals surface area (Å²) in [6, 6.07) is 0. The lowest BCUT2D eigenvalue weighted by molar-refractivity contribution is -0.143. The molecular weight excluding hydrogens is 140 g/mol. The van der Waals surface area contributed by atoms with Gasteiger partial charge in [0.15, 0.2) is 0 Å². The summed E-state index contributed by atoms with van der Waals surface area (Å²) in [6.07, 6.45) is 4.15. The van der Waals surface area contributed by atoms with E-state index < -0.39 is 0 Å². The molecule has 0 saturated heterocycles. The van der Waals surface area contributed by atoms with Crippen molar-refractivity contribution in [2.45, 2.75) is 39.2 Å². The molecule has 0 bridgehead atoms. The van der Waals surface area contributed by atoms with Crippen LogP contribution < -0.4 is 0 Å². The predicted octanol–water partition coefficient (Wildman–Crippen LogP) is 2.29. The largest absolute Gasteiger partial charge is 0.459 e. The van der Waals surface area contributed by atoms with Crippen molar-refractivity contribution >= 4 is 5.97 Å². The van der Waals surface area contributed by atoms with Gasteiger partial charge in [-0.1, -0.05) is 26.8 Å². The Labute approximate surface area is 68.2 Å². The highest BCUT2D eigenvalue weighted by atomic mass is 16.5. The molecule has 2 nitrogen and oxygen atoms in total. The van der Waals surface area contributed by atoms with Gasteiger partial charge in [-0.25, -0.2) is 4.79 Å². The molecule has 1 atom stereocenters. The first-order valence-electron chi connectivity index (χ1n) is 4.07. The van der Waals surface area contributed by atoms with Gasteiger partial charge in [0.2, 0.25) is 0 Å². The zero-order valence-electron chi connectivity index (χ0n) is 7.30. The lowest BCUT2D eigenvalue weighted by Crippen LogP contribution is -2.15. The number of rotatable bonds is 5. The number of carbonyl (C=O) groups excluding carboxylic acids is 1. The van der Waals surface area contributed by atoms with Crippen molar-refractivity contribution in [3.63, 3.8) is 0 Å². The van der Waals surface area contributed by atoms with Crippen molar-refractivity contribution in [1.82, 2.24) is 0 Å². The molecule has 0 aliphatic carbocycles. The van der Waals surface area contributed by atoms with Crippen LogP contribution in [0.2, 0.25) is 0 Å². The van der Waals surface area contributed by atoms with Crippen LogP contribution in [0.1, 0.15) is 33.1 Å². The molecule has 11 heavy (non-hydrogen) atoms. The van der Waals surface area contributed by atoms with Crippen molar-refractivity contribution in [3.8, 4) is 0 Å². The molecule has 0 rings (SSSR count). The topological polar surface area (TPSA) is 26.3 Å². The van der Waals surface area contributed by atoms with Crippen LogP contribution in [-0.4, -0.2) is 12.1 Å². The van der Waals surface area contributed by atoms with Gasteiger partial charge in [0.25, 0.3) is 0 Å². The third kappa shape index (κ3) is 4.59. The summed E-state index contributed by atoms with van der Waals surface area (Å²) in [7, 11) is 0. The number of hydrogen-bond donors (Lipinski definition) is 0. The van der Waals surface area contributed by atoms with E-state index in [1.54, 1.807) is 0 Å². The number of carbonyl (C=O) groups is 1. The zero-order chi connectivity index (χ0) is 8.69. The summed E-state index contributed by atoms with van der Waals surface area (Å²) in [5.74, 6) is -0.315. The van der Waals surface area contributed by atoms with Gasteiger partial charge in [0, 0.05) is 6.08 Å². The van der Waals surface area contributed by atoms with Crippen molar-refractivity contribution in [1.29, 1.82) is 0 Å². The molecule has 0 radical (unpaired) electrons. The van der Waals surface area contributed by atoms with Gasteiger partial charge in [0.1, 0.15) is 6.10 Å². The molecule has 0 aromatic rings. The predicted molar refractivity (Wildman–Crippen MR) is 45.3 cm³/mol. The summed E-state index contributed by atoms with van der Waals surface area (Å²) in [5.41, 5.74) is 0. The molecule has 0 aromatic heterocycles. The summed E-state index contributed by atoms with van der Waals surface area (Å²) in [4.78, 5) is 10.7. The van der Waals surface area contributed by atoms with Crippen molar-refractivity contribution < 1.29 is 9.53 Å². The second-order valence-corrected chi connectivity index (χ2v) is 2.46. The number of ether oxygens (including phenoxy) is 1. The third-order valence-corrected chi connectivity index (χ3v) is 1.52. The van der Waals surface area contributed by atoms with Crippen LogP contribution in [0.15, 0.2) is 12.7 Å². The minimum absolute atomic E-state index is 0.0745. The molecule has 0 N–H and O–H groups in total. The minimum atomic E-state index is -0.315. The number of hydrogen-bond acceptors (Lipinski definition) is 2. The monoisotopic (exact) mass is 156 g/mol. The Hall–Kier alpha value is -0.790. The molecular formula is C9H16O2. The van der Waals surface area contributed by atoms with Crippen LogP contribution in [0, 0.1) is 0 Å². The highest BCUT2D eigenvalue weighted by Gasteiger charge is 2.07. The van der Waals surface area contributed by atoms with E-state index in [-0.39, 0.29) is 12.1 Å². The average Bonchev–Trinajstić information content (AvgIpc) is 2.03. The van der Waals surface area contributed by atoms with Crippen molar-refractivity contribution in [3.05, 3.63) is 12.7 Å². The van der Waals surface area contributed by atoms with E-state index in [1.165, 1.54) is 6.08 Å². The SMILES string of the molecule is C=CC(=O)OC(CC)CCC. The lowest BCUT2D eigenvalue weighted by Gasteiger charge is -2.13. The maximum absolute atomic E-state index is 10.7. The highest BCUT2D eigenvalue weighted by molar-refractivity contribution is 5.81. The quantitative estimate of drug-likeness (QED) is 0.451. The van der Waals surface area contributed by atoms with Crippen LogP contribution in [0.5, 0.6) is 0 Å². The van der Waals surface area contributed by atoms with Gasteiger partial charge in [-0.05, 0) is 12.8 Å². The Morgan fingerprint density at radius 3 is 2.64 bits per heavy atom. The van der Waals surface area contributed by atoms with E-state index in [1.807, 2.05) is 6.92 Å². The normalized spacial score (nSPS) is 12.2. The molecule has 0 fully saturated rings. The van der Waals surface area contributed by atoms with Crippen LogP contribution in [0.4, 0.5) is 0 Å². The van der Waals surface area contributed by atoms with Crippen LogP contribution in [-0.2, 0) is 9.53 Å². The molecule has 0 saturated carbocycles. The summed E-state index contributed by atoms with van der Waals surface area (Å²) < 4.78 is 5.03. The van der Waals surface area contributed by atoms with Crippen LogP contribution in [0.3, 0.4) is 0 Å². The summed E-state index contributed by atoms with van der Waals surface area (Å²) >= 11 is 0. The average molecular weight is 156 g/mol. The molecule has 0 aliphatic heterocycles. The Kier molecular flexibility index (Phi) is 5.53. The number of esters is 1. The maximum atomic E-state index is 10.7. The first-order valence-corrected chi connectivity index (χ1v) is 4.07. The van der Waals surface area contributed by atoms with E-state index in [2.05, 4.69) is 13.5 Å². The Bertz CT molecular complexity index is 130. The molecule has 64 valence electrons. The third-order valence-electron chi connectivity index (χ3n) is 1.52. The molecule has 0 amide bonds. The minimum Gasteiger partial charge on any atom is -0.459 e. The molecule has 2 heteroatoms. The van der Waals surface area contributed by atoms with E-state index in [9.17, 15) is 4.79 Å². The zero-order valence-corrected chi connectivity index (χ0v) is 7.30. The summed E-state index contributed by atoms with van der Waals surface area (Å²) in [6.45, 7) is 7.42. The Morgan fingerprint density at radius 1 is 1.64 bits per heavy atom. The fraction of sp³-hybridized carbons (Fsp3) is 0.667. The van der Waals surface area contributed by atoms with Crippen LogP contribution >= 0.6 is 0 Å². The van der Waals surface area contributed by atoms with E-state index >= 15 is 0 Å². The second kappa shape index (κ2) is 5.96. The molecule has 0 heterocycles. The maximum Gasteiger partial charge on any atom is 0.330 e. The Morgan fingerprint density at radius 2 is 2.27 bits per heavy atom. The molecule has 0 aliphatic rings. The second-order valence-electron chi connectivity index (χ2n) is 2.46. The van der Waals surface area contributed by atoms with E-state index in [0.717, 1.165) is 19.3 Å². The van der Waals surface area contributed by atoms with Gasteiger partial charge in [-0.3, -0.25) is 0 Å². The van der Waals surface area contributed by atoms with Crippen LogP contribution in [0.25, 0.3) is 0 Å². The van der Waals surface area contributed by atoms with Gasteiger partial charge in [0.05, 0.1) is 0 Å². The smallest absolute Gasteiger partial charge is 0.330 e. The van der Waals surface area contributed by atoms with E-state index in [0.29, 0.717) is 0 Å². The fourth-order valence-corrected chi connectivity index (χ4v) is 0.881. The molecule has 0 spiro atoms. The fourth-order valence-electron chi connectivity index (χ4n) is 0.881. The lowest BCUT2D eigenvalue weighted by atomic mass is 10.2. The highest BCUT2D eigenvalue weighted by Crippen LogP contribution is 2.06. The first kappa shape index (κ1) is 10.2. The Balaban J connectivity index is 3.67.